The number of guanidine groups is 1. The van der Waals surface area contributed by atoms with Crippen molar-refractivity contribution in [2.24, 2.45) is 4.99 Å². The van der Waals surface area contributed by atoms with Crippen molar-refractivity contribution in [2.45, 2.75) is 44.2 Å². The number of carbonyl (C=O) groups is 1. The molecule has 2 fully saturated rings. The maximum absolute atomic E-state index is 12.2. The van der Waals surface area contributed by atoms with Crippen LogP contribution in [0.25, 0.3) is 0 Å². The van der Waals surface area contributed by atoms with Crippen molar-refractivity contribution in [2.75, 3.05) is 60.6 Å². The first-order chi connectivity index (χ1) is 15.5. The molecule has 1 saturated carbocycles. The molecule has 1 aliphatic carbocycles. The number of hydrogen-bond donors (Lipinski definition) is 2. The number of benzene rings is 1. The quantitative estimate of drug-likeness (QED) is 0.283. The number of likely N-dealkylation sites (N-methyl/N-ethyl adjacent to an activating group) is 1. The third-order valence-electron chi connectivity index (χ3n) is 6.54. The SMILES string of the molecule is COc1ccc(CN=C(NCC(=O)N(C)C)NCC2(N3CCOCC3)CCCCC2)cc1.I. The molecule has 3 rings (SSSR count). The molecule has 1 aromatic carbocycles. The second-order valence-corrected chi connectivity index (χ2v) is 8.89. The number of hydrogen-bond acceptors (Lipinski definition) is 5. The van der Waals surface area contributed by atoms with E-state index in [9.17, 15) is 4.79 Å². The van der Waals surface area contributed by atoms with Gasteiger partial charge in [-0.2, -0.15) is 0 Å². The lowest BCUT2D eigenvalue weighted by Crippen LogP contribution is -2.60. The Morgan fingerprint density at radius 2 is 1.79 bits per heavy atom. The van der Waals surface area contributed by atoms with Crippen LogP contribution in [0.1, 0.15) is 37.7 Å². The Morgan fingerprint density at radius 3 is 2.39 bits per heavy atom. The van der Waals surface area contributed by atoms with Gasteiger partial charge in [0.15, 0.2) is 5.96 Å². The van der Waals surface area contributed by atoms with E-state index in [2.05, 4.69) is 15.5 Å². The third-order valence-corrected chi connectivity index (χ3v) is 6.54. The Hall–Kier alpha value is -1.59. The van der Waals surface area contributed by atoms with Crippen molar-refractivity contribution in [3.8, 4) is 5.75 Å². The molecule has 2 N–H and O–H groups in total. The van der Waals surface area contributed by atoms with E-state index in [1.807, 2.05) is 24.3 Å². The van der Waals surface area contributed by atoms with Gasteiger partial charge in [0, 0.05) is 39.3 Å². The number of nitrogens with zero attached hydrogens (tertiary/aromatic N) is 3. The zero-order valence-corrected chi connectivity index (χ0v) is 22.6. The van der Waals surface area contributed by atoms with Crippen molar-refractivity contribution >= 4 is 35.8 Å². The fourth-order valence-electron chi connectivity index (χ4n) is 4.49. The first-order valence-electron chi connectivity index (χ1n) is 11.7. The maximum atomic E-state index is 12.2. The second-order valence-electron chi connectivity index (χ2n) is 8.89. The zero-order chi connectivity index (χ0) is 22.8. The Balaban J connectivity index is 0.00000385. The lowest BCUT2D eigenvalue weighted by atomic mass is 9.80. The van der Waals surface area contributed by atoms with E-state index in [0.717, 1.165) is 44.2 Å². The van der Waals surface area contributed by atoms with Crippen LogP contribution in [0.2, 0.25) is 0 Å². The average molecular weight is 574 g/mol. The molecule has 186 valence electrons. The van der Waals surface area contributed by atoms with Crippen LogP contribution >= 0.6 is 24.0 Å². The van der Waals surface area contributed by atoms with Crippen molar-refractivity contribution in [3.63, 3.8) is 0 Å². The topological polar surface area (TPSA) is 78.4 Å². The van der Waals surface area contributed by atoms with Crippen LogP contribution in [0.4, 0.5) is 0 Å². The Labute approximate surface area is 215 Å². The van der Waals surface area contributed by atoms with Gasteiger partial charge in [-0.25, -0.2) is 4.99 Å². The highest BCUT2D eigenvalue weighted by atomic mass is 127. The number of aliphatic imine (C=N–C) groups is 1. The Kier molecular flexibility index (Phi) is 11.7. The fraction of sp³-hybridized carbons (Fsp3) is 0.667. The number of methoxy groups -OCH3 is 1. The van der Waals surface area contributed by atoms with Gasteiger partial charge in [0.1, 0.15) is 5.75 Å². The van der Waals surface area contributed by atoms with Gasteiger partial charge in [0.05, 0.1) is 33.4 Å². The van der Waals surface area contributed by atoms with Gasteiger partial charge < -0.3 is 25.0 Å². The summed E-state index contributed by atoms with van der Waals surface area (Å²) in [7, 11) is 5.19. The van der Waals surface area contributed by atoms with Crippen LogP contribution in [0.15, 0.2) is 29.3 Å². The first-order valence-corrected chi connectivity index (χ1v) is 11.7. The molecule has 0 bridgehead atoms. The third kappa shape index (κ3) is 8.29. The molecule has 0 aromatic heterocycles. The molecule has 0 radical (unpaired) electrons. The van der Waals surface area contributed by atoms with E-state index in [0.29, 0.717) is 12.5 Å². The minimum Gasteiger partial charge on any atom is -0.497 e. The summed E-state index contributed by atoms with van der Waals surface area (Å²) in [6, 6.07) is 7.91. The molecule has 1 heterocycles. The molecular formula is C24H40IN5O3. The molecular weight excluding hydrogens is 533 g/mol. The minimum atomic E-state index is 0. The monoisotopic (exact) mass is 573 g/mol. The van der Waals surface area contributed by atoms with Crippen LogP contribution in [-0.2, 0) is 16.1 Å². The fourth-order valence-corrected chi connectivity index (χ4v) is 4.49. The summed E-state index contributed by atoms with van der Waals surface area (Å²) >= 11 is 0. The number of halogens is 1. The molecule has 1 saturated heterocycles. The van der Waals surface area contributed by atoms with E-state index in [1.165, 1.54) is 32.1 Å². The number of carbonyl (C=O) groups excluding carboxylic acids is 1. The number of morpholine rings is 1. The lowest BCUT2D eigenvalue weighted by molar-refractivity contribution is -0.127. The molecule has 0 atom stereocenters. The summed E-state index contributed by atoms with van der Waals surface area (Å²) in [5.74, 6) is 1.52. The highest BCUT2D eigenvalue weighted by molar-refractivity contribution is 14.0. The molecule has 1 amide bonds. The summed E-state index contributed by atoms with van der Waals surface area (Å²) in [5, 5.41) is 6.81. The van der Waals surface area contributed by atoms with E-state index >= 15 is 0 Å². The number of amides is 1. The van der Waals surface area contributed by atoms with Crippen LogP contribution in [0, 0.1) is 0 Å². The Morgan fingerprint density at radius 1 is 1.12 bits per heavy atom. The summed E-state index contributed by atoms with van der Waals surface area (Å²) in [4.78, 5) is 21.1. The van der Waals surface area contributed by atoms with Crippen LogP contribution in [0.3, 0.4) is 0 Å². The number of rotatable bonds is 8. The van der Waals surface area contributed by atoms with Gasteiger partial charge in [-0.3, -0.25) is 9.69 Å². The minimum absolute atomic E-state index is 0. The Bertz CT molecular complexity index is 745. The second kappa shape index (κ2) is 14.0. The lowest BCUT2D eigenvalue weighted by Gasteiger charge is -2.48. The molecule has 8 nitrogen and oxygen atoms in total. The van der Waals surface area contributed by atoms with Gasteiger partial charge in [-0.05, 0) is 30.5 Å². The van der Waals surface area contributed by atoms with E-state index in [1.54, 1.807) is 26.1 Å². The van der Waals surface area contributed by atoms with Crippen LogP contribution in [0.5, 0.6) is 5.75 Å². The average Bonchev–Trinajstić information content (AvgIpc) is 2.84. The largest absolute Gasteiger partial charge is 0.497 e. The number of ether oxygens (including phenoxy) is 2. The van der Waals surface area contributed by atoms with Crippen LogP contribution < -0.4 is 15.4 Å². The molecule has 9 heteroatoms. The molecule has 0 unspecified atom stereocenters. The van der Waals surface area contributed by atoms with Gasteiger partial charge in [0.2, 0.25) is 5.91 Å². The maximum Gasteiger partial charge on any atom is 0.241 e. The highest BCUT2D eigenvalue weighted by Gasteiger charge is 2.38. The molecule has 33 heavy (non-hydrogen) atoms. The summed E-state index contributed by atoms with van der Waals surface area (Å²) in [5.41, 5.74) is 1.21. The zero-order valence-electron chi connectivity index (χ0n) is 20.3. The number of nitrogens with one attached hydrogen (secondary N) is 2. The van der Waals surface area contributed by atoms with Crippen molar-refractivity contribution < 1.29 is 14.3 Å². The molecule has 2 aliphatic rings. The standard InChI is InChI=1S/C24H39N5O3.HI/c1-28(2)22(30)18-26-23(25-17-20-7-9-21(31-3)10-8-20)27-19-24(11-5-4-6-12-24)29-13-15-32-16-14-29;/h7-10H,4-6,11-19H2,1-3H3,(H2,25,26,27);1H. The van der Waals surface area contributed by atoms with Crippen molar-refractivity contribution in [1.82, 2.24) is 20.4 Å². The van der Waals surface area contributed by atoms with E-state index in [-0.39, 0.29) is 42.0 Å². The molecule has 1 aromatic rings. The predicted molar refractivity (Wildman–Crippen MR) is 142 cm³/mol. The summed E-state index contributed by atoms with van der Waals surface area (Å²) < 4.78 is 10.8. The predicted octanol–water partition coefficient (Wildman–Crippen LogP) is 2.47. The smallest absolute Gasteiger partial charge is 0.241 e. The van der Waals surface area contributed by atoms with Crippen molar-refractivity contribution in [3.05, 3.63) is 29.8 Å². The van der Waals surface area contributed by atoms with Gasteiger partial charge in [-0.15, -0.1) is 24.0 Å². The molecule has 1 aliphatic heterocycles. The van der Waals surface area contributed by atoms with E-state index < -0.39 is 0 Å². The van der Waals surface area contributed by atoms with Crippen molar-refractivity contribution in [1.29, 1.82) is 0 Å². The van der Waals surface area contributed by atoms with E-state index in [4.69, 9.17) is 14.5 Å². The van der Waals surface area contributed by atoms with Gasteiger partial charge in [-0.1, -0.05) is 31.4 Å². The molecule has 0 spiro atoms. The summed E-state index contributed by atoms with van der Waals surface area (Å²) in [6.45, 7) is 5.12. The summed E-state index contributed by atoms with van der Waals surface area (Å²) in [6.07, 6.45) is 6.18. The van der Waals surface area contributed by atoms with Crippen LogP contribution in [-0.4, -0.2) is 87.8 Å². The van der Waals surface area contributed by atoms with Gasteiger partial charge >= 0.3 is 0 Å². The normalized spacial score (nSPS) is 18.7. The highest BCUT2D eigenvalue weighted by Crippen LogP contribution is 2.33. The first kappa shape index (κ1) is 27.7. The van der Waals surface area contributed by atoms with Gasteiger partial charge in [0.25, 0.3) is 0 Å².